The lowest BCUT2D eigenvalue weighted by Crippen LogP contribution is -2.09. The van der Waals surface area contributed by atoms with Crippen LogP contribution in [0.25, 0.3) is 10.9 Å². The molecular formula is C15H12N2O3. The van der Waals surface area contributed by atoms with Gasteiger partial charge in [0.25, 0.3) is 5.91 Å². The second-order valence-corrected chi connectivity index (χ2v) is 4.33. The summed E-state index contributed by atoms with van der Waals surface area (Å²) in [5.74, 6) is 0.0323. The number of rotatable bonds is 4. The highest BCUT2D eigenvalue weighted by atomic mass is 16.5. The van der Waals surface area contributed by atoms with Crippen LogP contribution in [0.2, 0.25) is 0 Å². The van der Waals surface area contributed by atoms with Crippen molar-refractivity contribution in [2.45, 2.75) is 6.61 Å². The van der Waals surface area contributed by atoms with Gasteiger partial charge in [0.2, 0.25) is 5.76 Å². The Kier molecular flexibility index (Phi) is 3.09. The smallest absolute Gasteiger partial charge is 0.287 e. The van der Waals surface area contributed by atoms with Crippen LogP contribution in [-0.4, -0.2) is 11.1 Å². The molecule has 5 heteroatoms. The van der Waals surface area contributed by atoms with Crippen LogP contribution in [0.1, 0.15) is 16.1 Å². The van der Waals surface area contributed by atoms with E-state index in [1.165, 1.54) is 0 Å². The van der Waals surface area contributed by atoms with E-state index in [4.69, 9.17) is 15.0 Å². The first-order valence-corrected chi connectivity index (χ1v) is 6.10. The number of benzene rings is 2. The normalized spacial score (nSPS) is 10.6. The fourth-order valence-electron chi connectivity index (χ4n) is 1.93. The summed E-state index contributed by atoms with van der Waals surface area (Å²) in [6.07, 6.45) is 0. The standard InChI is InChI=1S/C15H12N2O3/c16-15(18)14-12-8-11(6-7-13(12)17-20-14)19-9-10-4-2-1-3-5-10/h1-8H,9H2,(H2,16,18). The number of carbonyl (C=O) groups excluding carboxylic acids is 1. The third kappa shape index (κ3) is 2.33. The summed E-state index contributed by atoms with van der Waals surface area (Å²) in [5.41, 5.74) is 6.86. The van der Waals surface area contributed by atoms with Crippen molar-refractivity contribution in [1.82, 2.24) is 5.16 Å². The Morgan fingerprint density at radius 1 is 1.20 bits per heavy atom. The minimum Gasteiger partial charge on any atom is -0.489 e. The van der Waals surface area contributed by atoms with Gasteiger partial charge in [-0.3, -0.25) is 4.79 Å². The van der Waals surface area contributed by atoms with Gasteiger partial charge in [-0.25, -0.2) is 0 Å². The van der Waals surface area contributed by atoms with Crippen LogP contribution in [0.4, 0.5) is 0 Å². The topological polar surface area (TPSA) is 78.4 Å². The van der Waals surface area contributed by atoms with Crippen LogP contribution < -0.4 is 10.5 Å². The van der Waals surface area contributed by atoms with E-state index in [-0.39, 0.29) is 5.76 Å². The molecule has 3 rings (SSSR count). The molecule has 100 valence electrons. The summed E-state index contributed by atoms with van der Waals surface area (Å²) in [4.78, 5) is 11.2. The van der Waals surface area contributed by atoms with E-state index in [9.17, 15) is 4.79 Å². The molecule has 2 N–H and O–H groups in total. The number of carbonyl (C=O) groups is 1. The van der Waals surface area contributed by atoms with Gasteiger partial charge in [0, 0.05) is 0 Å². The van der Waals surface area contributed by atoms with E-state index >= 15 is 0 Å². The third-order valence-electron chi connectivity index (χ3n) is 2.92. The largest absolute Gasteiger partial charge is 0.489 e. The predicted molar refractivity (Wildman–Crippen MR) is 73.3 cm³/mol. The maximum Gasteiger partial charge on any atom is 0.287 e. The monoisotopic (exact) mass is 268 g/mol. The zero-order valence-corrected chi connectivity index (χ0v) is 10.6. The van der Waals surface area contributed by atoms with Gasteiger partial charge in [0.15, 0.2) is 0 Å². The van der Waals surface area contributed by atoms with Gasteiger partial charge in [-0.05, 0) is 23.8 Å². The fourth-order valence-corrected chi connectivity index (χ4v) is 1.93. The molecule has 0 fully saturated rings. The lowest BCUT2D eigenvalue weighted by molar-refractivity contribution is 0.0967. The lowest BCUT2D eigenvalue weighted by Gasteiger charge is -2.05. The predicted octanol–water partition coefficient (Wildman–Crippen LogP) is 2.51. The van der Waals surface area contributed by atoms with Crippen LogP contribution in [0.15, 0.2) is 53.1 Å². The van der Waals surface area contributed by atoms with Crippen LogP contribution in [0.3, 0.4) is 0 Å². The van der Waals surface area contributed by atoms with E-state index in [1.807, 2.05) is 30.3 Å². The Balaban J connectivity index is 1.85. The summed E-state index contributed by atoms with van der Waals surface area (Å²) in [6.45, 7) is 0.448. The molecule has 0 aliphatic heterocycles. The molecule has 0 unspecified atom stereocenters. The van der Waals surface area contributed by atoms with E-state index in [0.29, 0.717) is 23.3 Å². The molecule has 0 radical (unpaired) electrons. The molecule has 2 aromatic carbocycles. The molecule has 5 nitrogen and oxygen atoms in total. The minimum atomic E-state index is -0.646. The fraction of sp³-hybridized carbons (Fsp3) is 0.0667. The van der Waals surface area contributed by atoms with Gasteiger partial charge in [-0.1, -0.05) is 35.5 Å². The molecule has 20 heavy (non-hydrogen) atoms. The first kappa shape index (κ1) is 12.2. The van der Waals surface area contributed by atoms with Crippen molar-refractivity contribution in [2.75, 3.05) is 0 Å². The molecule has 1 aromatic heterocycles. The van der Waals surface area contributed by atoms with Crippen molar-refractivity contribution in [3.8, 4) is 5.75 Å². The number of aromatic nitrogens is 1. The summed E-state index contributed by atoms with van der Waals surface area (Å²) < 4.78 is 10.6. The van der Waals surface area contributed by atoms with Crippen LogP contribution in [-0.2, 0) is 6.61 Å². The number of fused-ring (bicyclic) bond motifs is 1. The Bertz CT molecular complexity index is 750. The number of hydrogen-bond acceptors (Lipinski definition) is 4. The number of primary amides is 1. The highest BCUT2D eigenvalue weighted by molar-refractivity contribution is 6.03. The number of hydrogen-bond donors (Lipinski definition) is 1. The van der Waals surface area contributed by atoms with Gasteiger partial charge in [-0.2, -0.15) is 0 Å². The molecular weight excluding hydrogens is 256 g/mol. The highest BCUT2D eigenvalue weighted by Gasteiger charge is 2.14. The number of amides is 1. The van der Waals surface area contributed by atoms with Crippen molar-refractivity contribution < 1.29 is 14.1 Å². The molecule has 0 bridgehead atoms. The molecule has 1 heterocycles. The summed E-state index contributed by atoms with van der Waals surface area (Å²) in [6, 6.07) is 15.0. The number of ether oxygens (including phenoxy) is 1. The molecule has 1 amide bonds. The first-order valence-electron chi connectivity index (χ1n) is 6.10. The maximum atomic E-state index is 11.2. The summed E-state index contributed by atoms with van der Waals surface area (Å²) >= 11 is 0. The molecule has 0 spiro atoms. The number of nitrogens with two attached hydrogens (primary N) is 1. The Labute approximate surface area is 114 Å². The molecule has 0 aliphatic rings. The third-order valence-corrected chi connectivity index (χ3v) is 2.92. The van der Waals surface area contributed by atoms with Gasteiger partial charge < -0.3 is 15.0 Å². The zero-order chi connectivity index (χ0) is 13.9. The Morgan fingerprint density at radius 2 is 2.00 bits per heavy atom. The molecule has 0 saturated heterocycles. The molecule has 0 aliphatic carbocycles. The Morgan fingerprint density at radius 3 is 2.75 bits per heavy atom. The van der Waals surface area contributed by atoms with Gasteiger partial charge in [-0.15, -0.1) is 0 Å². The van der Waals surface area contributed by atoms with E-state index in [2.05, 4.69) is 5.16 Å². The first-order chi connectivity index (χ1) is 9.74. The van der Waals surface area contributed by atoms with Gasteiger partial charge in [0.1, 0.15) is 17.9 Å². The van der Waals surface area contributed by atoms with E-state index in [1.54, 1.807) is 18.2 Å². The van der Waals surface area contributed by atoms with Crippen molar-refractivity contribution >= 4 is 16.8 Å². The summed E-state index contributed by atoms with van der Waals surface area (Å²) in [5, 5.41) is 4.33. The SMILES string of the molecule is NC(=O)c1onc2ccc(OCc3ccccc3)cc12. The average molecular weight is 268 g/mol. The molecule has 3 aromatic rings. The van der Waals surface area contributed by atoms with Crippen LogP contribution >= 0.6 is 0 Å². The van der Waals surface area contributed by atoms with Crippen molar-refractivity contribution in [3.63, 3.8) is 0 Å². The zero-order valence-electron chi connectivity index (χ0n) is 10.6. The summed E-state index contributed by atoms with van der Waals surface area (Å²) in [7, 11) is 0. The van der Waals surface area contributed by atoms with Crippen molar-refractivity contribution in [3.05, 3.63) is 59.9 Å². The second-order valence-electron chi connectivity index (χ2n) is 4.33. The maximum absolute atomic E-state index is 11.2. The second kappa shape index (κ2) is 5.05. The van der Waals surface area contributed by atoms with Crippen LogP contribution in [0.5, 0.6) is 5.75 Å². The van der Waals surface area contributed by atoms with E-state index in [0.717, 1.165) is 5.56 Å². The van der Waals surface area contributed by atoms with E-state index < -0.39 is 5.91 Å². The number of nitrogens with zero attached hydrogens (tertiary/aromatic N) is 1. The van der Waals surface area contributed by atoms with Crippen molar-refractivity contribution in [1.29, 1.82) is 0 Å². The molecule has 0 atom stereocenters. The Hall–Kier alpha value is -2.82. The lowest BCUT2D eigenvalue weighted by atomic mass is 10.2. The van der Waals surface area contributed by atoms with Crippen LogP contribution in [0, 0.1) is 0 Å². The van der Waals surface area contributed by atoms with Gasteiger partial charge in [0.05, 0.1) is 5.39 Å². The van der Waals surface area contributed by atoms with Gasteiger partial charge >= 0.3 is 0 Å². The molecule has 0 saturated carbocycles. The minimum absolute atomic E-state index is 0.0464. The highest BCUT2D eigenvalue weighted by Crippen LogP contribution is 2.24. The quantitative estimate of drug-likeness (QED) is 0.788. The average Bonchev–Trinajstić information content (AvgIpc) is 2.89. The van der Waals surface area contributed by atoms with Crippen molar-refractivity contribution in [2.24, 2.45) is 5.73 Å².